The lowest BCUT2D eigenvalue weighted by Crippen LogP contribution is -2.41. The first kappa shape index (κ1) is 15.5. The number of nitrogens with zero attached hydrogens (tertiary/aromatic N) is 1. The number of rotatable bonds is 3. The quantitative estimate of drug-likeness (QED) is 0.795. The molecule has 0 radical (unpaired) electrons. The molecule has 0 saturated carbocycles. The van der Waals surface area contributed by atoms with Gasteiger partial charge in [0.15, 0.2) is 0 Å². The number of hydrogen-bond donors (Lipinski definition) is 0. The number of aromatic nitrogens is 1. The minimum Gasteiger partial charge on any atom is -0.399 e. The Kier molecular flexibility index (Phi) is 4.00. The smallest absolute Gasteiger partial charge is 0.399 e. The van der Waals surface area contributed by atoms with Crippen LogP contribution >= 0.6 is 0 Å². The standard InChI is InChI=1S/C16H26BNO2/c1-11(2)10-14-12(3)13(8-9-18-14)17-19-15(4,5)16(6,7)20-17/h8-9,11H,10H2,1-7H3. The highest BCUT2D eigenvalue weighted by Gasteiger charge is 2.52. The fourth-order valence-corrected chi connectivity index (χ4v) is 2.41. The van der Waals surface area contributed by atoms with Gasteiger partial charge in [-0.25, -0.2) is 0 Å². The summed E-state index contributed by atoms with van der Waals surface area (Å²) in [7, 11) is -0.297. The van der Waals surface area contributed by atoms with E-state index in [9.17, 15) is 0 Å². The first-order chi connectivity index (χ1) is 9.14. The second-order valence-electron chi connectivity index (χ2n) is 7.16. The van der Waals surface area contributed by atoms with E-state index >= 15 is 0 Å². The Hall–Kier alpha value is -0.865. The molecule has 1 aromatic heterocycles. The average Bonchev–Trinajstić information content (AvgIpc) is 2.50. The van der Waals surface area contributed by atoms with Crippen molar-refractivity contribution in [3.05, 3.63) is 23.5 Å². The summed E-state index contributed by atoms with van der Waals surface area (Å²) in [6.07, 6.45) is 2.85. The second-order valence-corrected chi connectivity index (χ2v) is 7.16. The third kappa shape index (κ3) is 2.77. The number of pyridine rings is 1. The van der Waals surface area contributed by atoms with Crippen molar-refractivity contribution >= 4 is 12.6 Å². The molecule has 2 heterocycles. The molecule has 0 N–H and O–H groups in total. The maximum atomic E-state index is 6.14. The molecule has 0 spiro atoms. The monoisotopic (exact) mass is 275 g/mol. The van der Waals surface area contributed by atoms with Crippen LogP contribution < -0.4 is 5.46 Å². The SMILES string of the molecule is Cc1c(B2OC(C)(C)C(C)(C)O2)ccnc1CC(C)C. The molecule has 2 rings (SSSR count). The zero-order valence-corrected chi connectivity index (χ0v) is 13.8. The maximum absolute atomic E-state index is 6.14. The molecule has 3 nitrogen and oxygen atoms in total. The van der Waals surface area contributed by atoms with Crippen LogP contribution in [0.4, 0.5) is 0 Å². The van der Waals surface area contributed by atoms with Gasteiger partial charge in [0.25, 0.3) is 0 Å². The summed E-state index contributed by atoms with van der Waals surface area (Å²) in [6.45, 7) is 14.9. The third-order valence-corrected chi connectivity index (χ3v) is 4.46. The lowest BCUT2D eigenvalue weighted by molar-refractivity contribution is 0.00578. The summed E-state index contributed by atoms with van der Waals surface area (Å²) >= 11 is 0. The van der Waals surface area contributed by atoms with Crippen LogP contribution in [0.15, 0.2) is 12.3 Å². The van der Waals surface area contributed by atoms with Gasteiger partial charge in [0.1, 0.15) is 0 Å². The zero-order valence-electron chi connectivity index (χ0n) is 13.8. The molecular weight excluding hydrogens is 249 g/mol. The molecule has 0 aromatic carbocycles. The Morgan fingerprint density at radius 3 is 2.20 bits per heavy atom. The van der Waals surface area contributed by atoms with Crippen molar-refractivity contribution in [3.8, 4) is 0 Å². The highest BCUT2D eigenvalue weighted by Crippen LogP contribution is 2.36. The van der Waals surface area contributed by atoms with Crippen molar-refractivity contribution < 1.29 is 9.31 Å². The molecule has 1 saturated heterocycles. The topological polar surface area (TPSA) is 31.4 Å². The molecule has 1 aromatic rings. The summed E-state index contributed by atoms with van der Waals surface area (Å²) in [5.74, 6) is 0.592. The van der Waals surface area contributed by atoms with Gasteiger partial charge in [-0.1, -0.05) is 13.8 Å². The highest BCUT2D eigenvalue weighted by molar-refractivity contribution is 6.62. The normalized spacial score (nSPS) is 20.7. The molecule has 4 heteroatoms. The fraction of sp³-hybridized carbons (Fsp3) is 0.688. The van der Waals surface area contributed by atoms with E-state index in [1.807, 2.05) is 12.3 Å². The minimum absolute atomic E-state index is 0.297. The molecule has 0 unspecified atom stereocenters. The summed E-state index contributed by atoms with van der Waals surface area (Å²) in [5, 5.41) is 0. The van der Waals surface area contributed by atoms with Crippen molar-refractivity contribution in [1.82, 2.24) is 4.98 Å². The Balaban J connectivity index is 2.31. The van der Waals surface area contributed by atoms with E-state index in [-0.39, 0.29) is 18.3 Å². The van der Waals surface area contributed by atoms with E-state index in [4.69, 9.17) is 9.31 Å². The van der Waals surface area contributed by atoms with Gasteiger partial charge in [0, 0.05) is 11.9 Å². The first-order valence-corrected chi connectivity index (χ1v) is 7.44. The van der Waals surface area contributed by atoms with Gasteiger partial charge in [-0.15, -0.1) is 0 Å². The van der Waals surface area contributed by atoms with Crippen LogP contribution in [0.5, 0.6) is 0 Å². The first-order valence-electron chi connectivity index (χ1n) is 7.44. The lowest BCUT2D eigenvalue weighted by Gasteiger charge is -2.32. The van der Waals surface area contributed by atoms with Crippen LogP contribution in [0, 0.1) is 12.8 Å². The Morgan fingerprint density at radius 2 is 1.70 bits per heavy atom. The molecule has 20 heavy (non-hydrogen) atoms. The fourth-order valence-electron chi connectivity index (χ4n) is 2.41. The molecule has 110 valence electrons. The minimum atomic E-state index is -0.300. The molecular formula is C16H26BNO2. The van der Waals surface area contributed by atoms with E-state index in [2.05, 4.69) is 53.5 Å². The molecule has 1 aliphatic heterocycles. The van der Waals surface area contributed by atoms with Gasteiger partial charge < -0.3 is 9.31 Å². The van der Waals surface area contributed by atoms with Crippen LogP contribution in [0.3, 0.4) is 0 Å². The summed E-state index contributed by atoms with van der Waals surface area (Å²) < 4.78 is 12.3. The predicted molar refractivity (Wildman–Crippen MR) is 83.2 cm³/mol. The largest absolute Gasteiger partial charge is 0.495 e. The van der Waals surface area contributed by atoms with Gasteiger partial charge in [0.05, 0.1) is 11.2 Å². The van der Waals surface area contributed by atoms with Gasteiger partial charge in [-0.3, -0.25) is 4.98 Å². The lowest BCUT2D eigenvalue weighted by atomic mass is 9.76. The van der Waals surface area contributed by atoms with Gasteiger partial charge in [0.2, 0.25) is 0 Å². The van der Waals surface area contributed by atoms with Crippen LogP contribution in [0.1, 0.15) is 52.8 Å². The molecule has 1 aliphatic rings. The summed E-state index contributed by atoms with van der Waals surface area (Å²) in [6, 6.07) is 2.02. The van der Waals surface area contributed by atoms with Crippen molar-refractivity contribution in [2.45, 2.75) is 66.1 Å². The van der Waals surface area contributed by atoms with E-state index < -0.39 is 0 Å². The maximum Gasteiger partial charge on any atom is 0.495 e. The van der Waals surface area contributed by atoms with E-state index in [0.717, 1.165) is 17.6 Å². The third-order valence-electron chi connectivity index (χ3n) is 4.46. The van der Waals surface area contributed by atoms with Crippen LogP contribution in [-0.2, 0) is 15.7 Å². The Morgan fingerprint density at radius 1 is 1.15 bits per heavy atom. The van der Waals surface area contributed by atoms with Gasteiger partial charge in [-0.2, -0.15) is 0 Å². The highest BCUT2D eigenvalue weighted by atomic mass is 16.7. The van der Waals surface area contributed by atoms with E-state index in [1.54, 1.807) is 0 Å². The molecule has 0 amide bonds. The average molecular weight is 275 g/mol. The Bertz CT molecular complexity index is 481. The van der Waals surface area contributed by atoms with Gasteiger partial charge >= 0.3 is 7.12 Å². The molecule has 0 bridgehead atoms. The second kappa shape index (κ2) is 5.16. The van der Waals surface area contributed by atoms with E-state index in [1.165, 1.54) is 5.56 Å². The molecule has 1 fully saturated rings. The molecule has 0 atom stereocenters. The van der Waals surface area contributed by atoms with Crippen LogP contribution in [-0.4, -0.2) is 23.3 Å². The van der Waals surface area contributed by atoms with Crippen LogP contribution in [0.2, 0.25) is 0 Å². The van der Waals surface area contributed by atoms with Crippen LogP contribution in [0.25, 0.3) is 0 Å². The van der Waals surface area contributed by atoms with Crippen molar-refractivity contribution in [2.75, 3.05) is 0 Å². The Labute approximate surface area is 123 Å². The van der Waals surface area contributed by atoms with Crippen molar-refractivity contribution in [3.63, 3.8) is 0 Å². The number of hydrogen-bond acceptors (Lipinski definition) is 3. The van der Waals surface area contributed by atoms with E-state index in [0.29, 0.717) is 5.92 Å². The summed E-state index contributed by atoms with van der Waals surface area (Å²) in [5.41, 5.74) is 2.85. The molecule has 0 aliphatic carbocycles. The zero-order chi connectivity index (χ0) is 15.1. The summed E-state index contributed by atoms with van der Waals surface area (Å²) in [4.78, 5) is 4.51. The van der Waals surface area contributed by atoms with Crippen molar-refractivity contribution in [1.29, 1.82) is 0 Å². The predicted octanol–water partition coefficient (Wildman–Crippen LogP) is 2.89. The van der Waals surface area contributed by atoms with Crippen molar-refractivity contribution in [2.24, 2.45) is 5.92 Å². The van der Waals surface area contributed by atoms with Gasteiger partial charge in [-0.05, 0) is 64.1 Å².